The minimum atomic E-state index is 0.902. The van der Waals surface area contributed by atoms with Crippen molar-refractivity contribution < 1.29 is 0 Å². The van der Waals surface area contributed by atoms with E-state index in [1.807, 2.05) is 34.0 Å². The minimum Gasteiger partial charge on any atom is -0.135 e. The normalized spacial score (nSPS) is 12.0. The van der Waals surface area contributed by atoms with Crippen molar-refractivity contribution in [2.24, 2.45) is 0 Å². The van der Waals surface area contributed by atoms with Gasteiger partial charge in [0.15, 0.2) is 0 Å². The van der Waals surface area contributed by atoms with Gasteiger partial charge in [-0.2, -0.15) is 0 Å². The second-order valence-electron chi connectivity index (χ2n) is 12.0. The van der Waals surface area contributed by atoms with Crippen LogP contribution in [0.5, 0.6) is 0 Å². The zero-order valence-corrected chi connectivity index (χ0v) is 27.2. The van der Waals surface area contributed by atoms with E-state index < -0.39 is 0 Å². The number of hydrogen-bond donors (Lipinski definition) is 0. The standard InChI is InChI=1S/C43H26S3/c1-2-9-26(10-3-1)23-28-18-21-35-34-14-8-13-30(27-19-22-39-36(24-27)32-12-5-7-16-38(32)44-39)42(34)46-43(35)41(28)29-17-20-33-31-11-4-6-15-37(31)45-40(33)25-29/h1-22,24-25H,23H2. The van der Waals surface area contributed by atoms with E-state index in [1.54, 1.807) is 0 Å². The molecule has 0 aliphatic carbocycles. The third-order valence-corrected chi connectivity index (χ3v) is 12.9. The number of hydrogen-bond acceptors (Lipinski definition) is 3. The Hall–Kier alpha value is -4.80. The Morgan fingerprint density at radius 1 is 0.370 bits per heavy atom. The molecule has 0 atom stereocenters. The molecule has 0 unspecified atom stereocenters. The highest BCUT2D eigenvalue weighted by atomic mass is 32.1. The molecule has 46 heavy (non-hydrogen) atoms. The van der Waals surface area contributed by atoms with Crippen molar-refractivity contribution in [3.63, 3.8) is 0 Å². The van der Waals surface area contributed by atoms with Gasteiger partial charge in [0.05, 0.1) is 0 Å². The van der Waals surface area contributed by atoms with Crippen molar-refractivity contribution in [1.29, 1.82) is 0 Å². The second kappa shape index (κ2) is 10.4. The first kappa shape index (κ1) is 26.4. The fourth-order valence-electron chi connectivity index (χ4n) is 7.18. The van der Waals surface area contributed by atoms with E-state index in [4.69, 9.17) is 0 Å². The van der Waals surface area contributed by atoms with Gasteiger partial charge in [-0.05, 0) is 64.6 Å². The van der Waals surface area contributed by atoms with E-state index in [0.29, 0.717) is 0 Å². The Kier molecular flexibility index (Phi) is 5.95. The highest BCUT2D eigenvalue weighted by molar-refractivity contribution is 7.27. The molecule has 0 fully saturated rings. The molecular formula is C43H26S3. The maximum atomic E-state index is 2.43. The Balaban J connectivity index is 1.22. The van der Waals surface area contributed by atoms with Gasteiger partial charge < -0.3 is 0 Å². The van der Waals surface area contributed by atoms with Crippen LogP contribution in [0.3, 0.4) is 0 Å². The summed E-state index contributed by atoms with van der Waals surface area (Å²) in [6.45, 7) is 0. The fourth-order valence-corrected chi connectivity index (χ4v) is 10.8. The third-order valence-electron chi connectivity index (χ3n) is 9.35. The van der Waals surface area contributed by atoms with Crippen LogP contribution in [0.4, 0.5) is 0 Å². The first-order valence-corrected chi connectivity index (χ1v) is 18.1. The third kappa shape index (κ3) is 4.09. The summed E-state index contributed by atoms with van der Waals surface area (Å²) in [6.07, 6.45) is 0.902. The van der Waals surface area contributed by atoms with Crippen LogP contribution in [0.25, 0.3) is 82.8 Å². The lowest BCUT2D eigenvalue weighted by molar-refractivity contribution is 1.20. The van der Waals surface area contributed by atoms with Crippen LogP contribution < -0.4 is 0 Å². The molecule has 0 nitrogen and oxygen atoms in total. The summed E-state index contributed by atoms with van der Waals surface area (Å²) in [6, 6.07) is 54.2. The van der Waals surface area contributed by atoms with Crippen molar-refractivity contribution in [3.8, 4) is 22.3 Å². The first-order chi connectivity index (χ1) is 22.8. The van der Waals surface area contributed by atoms with Crippen molar-refractivity contribution in [1.82, 2.24) is 0 Å². The Morgan fingerprint density at radius 2 is 1.00 bits per heavy atom. The van der Waals surface area contributed by atoms with E-state index in [9.17, 15) is 0 Å². The molecule has 3 heteroatoms. The molecule has 3 aromatic heterocycles. The Morgan fingerprint density at radius 3 is 1.85 bits per heavy atom. The van der Waals surface area contributed by atoms with Gasteiger partial charge in [-0.15, -0.1) is 34.0 Å². The van der Waals surface area contributed by atoms with Crippen LogP contribution in [-0.2, 0) is 6.42 Å². The maximum Gasteiger partial charge on any atom is 0.0436 e. The lowest BCUT2D eigenvalue weighted by Gasteiger charge is -2.12. The Labute approximate surface area is 278 Å². The van der Waals surface area contributed by atoms with Crippen molar-refractivity contribution in [2.45, 2.75) is 6.42 Å². The zero-order valence-electron chi connectivity index (χ0n) is 24.8. The van der Waals surface area contributed by atoms with Crippen LogP contribution >= 0.6 is 34.0 Å². The Bertz CT molecular complexity index is 2770. The van der Waals surface area contributed by atoms with Gasteiger partial charge in [0, 0.05) is 66.1 Å². The van der Waals surface area contributed by atoms with Gasteiger partial charge in [0.25, 0.3) is 0 Å². The topological polar surface area (TPSA) is 0 Å². The highest BCUT2D eigenvalue weighted by Crippen LogP contribution is 2.47. The molecule has 3 heterocycles. The van der Waals surface area contributed by atoms with Gasteiger partial charge in [-0.1, -0.05) is 115 Å². The van der Waals surface area contributed by atoms with Gasteiger partial charge in [-0.25, -0.2) is 0 Å². The first-order valence-electron chi connectivity index (χ1n) is 15.6. The molecule has 0 saturated heterocycles. The lowest BCUT2D eigenvalue weighted by Crippen LogP contribution is -1.93. The van der Waals surface area contributed by atoms with E-state index >= 15 is 0 Å². The molecule has 0 spiro atoms. The van der Waals surface area contributed by atoms with E-state index in [1.165, 1.54) is 93.9 Å². The summed E-state index contributed by atoms with van der Waals surface area (Å²) in [4.78, 5) is 0. The SMILES string of the molecule is c1ccc(Cc2ccc3c(sc4c(-c5ccc6sc7ccccc7c6c5)cccc43)c2-c2ccc3c(c2)sc2ccccc23)cc1. The summed E-state index contributed by atoms with van der Waals surface area (Å²) in [7, 11) is 0. The van der Waals surface area contributed by atoms with Crippen LogP contribution in [0.15, 0.2) is 146 Å². The molecule has 216 valence electrons. The van der Waals surface area contributed by atoms with Crippen LogP contribution in [0, 0.1) is 0 Å². The molecule has 0 aliphatic heterocycles. The molecule has 10 rings (SSSR count). The summed E-state index contributed by atoms with van der Waals surface area (Å²) >= 11 is 5.73. The summed E-state index contributed by atoms with van der Waals surface area (Å²) < 4.78 is 8.12. The molecule has 0 amide bonds. The van der Waals surface area contributed by atoms with Crippen LogP contribution in [-0.4, -0.2) is 0 Å². The average Bonchev–Trinajstić information content (AvgIpc) is 3.79. The van der Waals surface area contributed by atoms with Gasteiger partial charge in [0.1, 0.15) is 0 Å². The largest absolute Gasteiger partial charge is 0.135 e. The molecule has 0 radical (unpaired) electrons. The van der Waals surface area contributed by atoms with Gasteiger partial charge in [0.2, 0.25) is 0 Å². The van der Waals surface area contributed by atoms with E-state index in [2.05, 4.69) is 146 Å². The molecule has 0 saturated carbocycles. The summed E-state index contributed by atoms with van der Waals surface area (Å²) in [5, 5.41) is 8.06. The number of fused-ring (bicyclic) bond motifs is 9. The predicted molar refractivity (Wildman–Crippen MR) is 205 cm³/mol. The highest BCUT2D eigenvalue weighted by Gasteiger charge is 2.19. The monoisotopic (exact) mass is 638 g/mol. The van der Waals surface area contributed by atoms with Gasteiger partial charge >= 0.3 is 0 Å². The van der Waals surface area contributed by atoms with E-state index in [0.717, 1.165) is 6.42 Å². The molecule has 10 aromatic rings. The smallest absolute Gasteiger partial charge is 0.0436 e. The molecule has 0 bridgehead atoms. The predicted octanol–water partition coefficient (Wildman–Crippen LogP) is 13.7. The van der Waals surface area contributed by atoms with Crippen molar-refractivity contribution in [2.75, 3.05) is 0 Å². The van der Waals surface area contributed by atoms with Crippen LogP contribution in [0.1, 0.15) is 11.1 Å². The fraction of sp³-hybridized carbons (Fsp3) is 0.0233. The van der Waals surface area contributed by atoms with Crippen LogP contribution in [0.2, 0.25) is 0 Å². The quantitative estimate of drug-likeness (QED) is 0.180. The molecular weight excluding hydrogens is 613 g/mol. The summed E-state index contributed by atoms with van der Waals surface area (Å²) in [5.74, 6) is 0. The lowest BCUT2D eigenvalue weighted by atomic mass is 9.92. The molecule has 0 N–H and O–H groups in total. The second-order valence-corrected chi connectivity index (χ2v) is 15.2. The summed E-state index contributed by atoms with van der Waals surface area (Å²) in [5.41, 5.74) is 7.97. The van der Waals surface area contributed by atoms with Crippen molar-refractivity contribution >= 4 is 94.5 Å². The number of rotatable bonds is 4. The average molecular weight is 639 g/mol. The van der Waals surface area contributed by atoms with Crippen molar-refractivity contribution in [3.05, 3.63) is 157 Å². The number of thiophene rings is 3. The minimum absolute atomic E-state index is 0.902. The number of benzene rings is 7. The zero-order chi connectivity index (χ0) is 30.2. The molecule has 0 aliphatic rings. The molecule has 7 aromatic carbocycles. The maximum absolute atomic E-state index is 2.43. The van der Waals surface area contributed by atoms with Gasteiger partial charge in [-0.3, -0.25) is 0 Å². The van der Waals surface area contributed by atoms with E-state index in [-0.39, 0.29) is 0 Å².